The van der Waals surface area contributed by atoms with Crippen LogP contribution in [0, 0.1) is 0 Å². The number of hydrogen-bond donors (Lipinski definition) is 1. The van der Waals surface area contributed by atoms with E-state index in [4.69, 9.17) is 0 Å². The second-order valence-electron chi connectivity index (χ2n) is 4.05. The Bertz CT molecular complexity index is 518. The van der Waals surface area contributed by atoms with Gasteiger partial charge in [0.25, 0.3) is 5.91 Å². The van der Waals surface area contributed by atoms with Crippen LogP contribution in [0.25, 0.3) is 0 Å². The fraction of sp³-hybridized carbons (Fsp3) is 0.286. The number of benzene rings is 1. The third-order valence-corrected chi connectivity index (χ3v) is 3.66. The number of nitrogens with one attached hydrogen (secondary N) is 1. The summed E-state index contributed by atoms with van der Waals surface area (Å²) < 4.78 is 3.92. The first-order valence-corrected chi connectivity index (χ1v) is 7.09. The quantitative estimate of drug-likeness (QED) is 0.911. The van der Waals surface area contributed by atoms with Gasteiger partial charge < -0.3 is 10.2 Å². The van der Waals surface area contributed by atoms with Crippen LogP contribution in [0.2, 0.25) is 0 Å². The summed E-state index contributed by atoms with van der Waals surface area (Å²) in [5, 5.41) is 2.86. The fourth-order valence-electron chi connectivity index (χ4n) is 1.87. The van der Waals surface area contributed by atoms with Crippen LogP contribution < -0.4 is 10.2 Å². The molecule has 4 nitrogen and oxygen atoms in total. The molecule has 1 N–H and O–H groups in total. The minimum Gasteiger partial charge on any atom is -0.372 e. The zero-order chi connectivity index (χ0) is 13.7. The highest BCUT2D eigenvalue weighted by molar-refractivity contribution is 7.08. The summed E-state index contributed by atoms with van der Waals surface area (Å²) in [6.45, 7) is 6.21. The van der Waals surface area contributed by atoms with E-state index in [0.29, 0.717) is 4.88 Å². The topological polar surface area (TPSA) is 45.2 Å². The smallest absolute Gasteiger partial charge is 0.267 e. The van der Waals surface area contributed by atoms with Crippen LogP contribution in [0.5, 0.6) is 0 Å². The first kappa shape index (κ1) is 13.5. The third-order valence-electron chi connectivity index (χ3n) is 2.92. The molecule has 1 heterocycles. The molecule has 0 aliphatic rings. The van der Waals surface area contributed by atoms with E-state index in [1.54, 1.807) is 12.3 Å². The molecular formula is C14H17N3OS. The van der Waals surface area contributed by atoms with Crippen LogP contribution in [0.1, 0.15) is 23.5 Å². The van der Waals surface area contributed by atoms with Gasteiger partial charge in [0.1, 0.15) is 4.88 Å². The summed E-state index contributed by atoms with van der Waals surface area (Å²) in [7, 11) is 0. The van der Waals surface area contributed by atoms with Gasteiger partial charge in [-0.2, -0.15) is 0 Å². The van der Waals surface area contributed by atoms with Crippen LogP contribution in [-0.4, -0.2) is 23.4 Å². The molecule has 100 valence electrons. The Kier molecular flexibility index (Phi) is 4.52. The minimum atomic E-state index is -0.113. The summed E-state index contributed by atoms with van der Waals surface area (Å²) in [5.74, 6) is -0.113. The van der Waals surface area contributed by atoms with Crippen LogP contribution in [0.3, 0.4) is 0 Å². The zero-order valence-corrected chi connectivity index (χ0v) is 11.9. The Labute approximate surface area is 117 Å². The molecule has 5 heteroatoms. The van der Waals surface area contributed by atoms with E-state index in [-0.39, 0.29) is 5.91 Å². The van der Waals surface area contributed by atoms with Crippen molar-refractivity contribution in [1.82, 2.24) is 4.37 Å². The molecule has 0 unspecified atom stereocenters. The van der Waals surface area contributed by atoms with Gasteiger partial charge in [0.2, 0.25) is 0 Å². The van der Waals surface area contributed by atoms with Crippen molar-refractivity contribution in [2.45, 2.75) is 13.8 Å². The van der Waals surface area contributed by atoms with Crippen molar-refractivity contribution in [3.63, 3.8) is 0 Å². The molecule has 1 aromatic heterocycles. The molecule has 0 fully saturated rings. The second kappa shape index (κ2) is 6.33. The lowest BCUT2D eigenvalue weighted by atomic mass is 10.2. The number of anilines is 2. The summed E-state index contributed by atoms with van der Waals surface area (Å²) in [6, 6.07) is 9.61. The molecule has 0 bridgehead atoms. The van der Waals surface area contributed by atoms with E-state index in [9.17, 15) is 4.79 Å². The Hall–Kier alpha value is -1.88. The highest BCUT2D eigenvalue weighted by Gasteiger charge is 2.08. The molecule has 0 atom stereocenters. The standard InChI is InChI=1S/C14H17N3OS/c1-3-17(4-2)12-7-5-11(6-8-12)16-14(18)13-9-10-15-19-13/h5-10H,3-4H2,1-2H3,(H,16,18). The van der Waals surface area contributed by atoms with Crippen molar-refractivity contribution < 1.29 is 4.79 Å². The first-order valence-electron chi connectivity index (χ1n) is 6.31. The van der Waals surface area contributed by atoms with E-state index >= 15 is 0 Å². The van der Waals surface area contributed by atoms with E-state index in [1.807, 2.05) is 24.3 Å². The zero-order valence-electron chi connectivity index (χ0n) is 11.1. The van der Waals surface area contributed by atoms with Gasteiger partial charge in [-0.1, -0.05) is 0 Å². The van der Waals surface area contributed by atoms with Gasteiger partial charge in [-0.05, 0) is 55.7 Å². The minimum absolute atomic E-state index is 0.113. The van der Waals surface area contributed by atoms with Gasteiger partial charge in [0.15, 0.2) is 0 Å². The van der Waals surface area contributed by atoms with Crippen molar-refractivity contribution >= 4 is 28.8 Å². The van der Waals surface area contributed by atoms with Gasteiger partial charge in [-0.3, -0.25) is 4.79 Å². The molecule has 0 radical (unpaired) electrons. The summed E-state index contributed by atoms with van der Waals surface area (Å²) in [4.78, 5) is 14.7. The third kappa shape index (κ3) is 3.32. The van der Waals surface area contributed by atoms with Crippen molar-refractivity contribution in [3.05, 3.63) is 41.4 Å². The maximum absolute atomic E-state index is 11.9. The molecule has 0 saturated carbocycles. The van der Waals surface area contributed by atoms with Crippen LogP contribution in [-0.2, 0) is 0 Å². The molecule has 0 spiro atoms. The second-order valence-corrected chi connectivity index (χ2v) is 4.88. The fourth-order valence-corrected chi connectivity index (χ4v) is 2.36. The highest BCUT2D eigenvalue weighted by atomic mass is 32.1. The molecular weight excluding hydrogens is 258 g/mol. The number of hydrogen-bond acceptors (Lipinski definition) is 4. The molecule has 0 saturated heterocycles. The molecule has 0 aliphatic carbocycles. The Morgan fingerprint density at radius 1 is 1.21 bits per heavy atom. The first-order chi connectivity index (χ1) is 9.24. The SMILES string of the molecule is CCN(CC)c1ccc(NC(=O)c2ccns2)cc1. The van der Waals surface area contributed by atoms with E-state index in [1.165, 1.54) is 17.2 Å². The lowest BCUT2D eigenvalue weighted by Crippen LogP contribution is -2.21. The van der Waals surface area contributed by atoms with Crippen LogP contribution >= 0.6 is 11.5 Å². The van der Waals surface area contributed by atoms with Gasteiger partial charge in [-0.25, -0.2) is 4.37 Å². The van der Waals surface area contributed by atoms with Crippen molar-refractivity contribution in [2.75, 3.05) is 23.3 Å². The molecule has 1 amide bonds. The molecule has 2 aromatic rings. The molecule has 1 aromatic carbocycles. The van der Waals surface area contributed by atoms with Crippen LogP contribution in [0.4, 0.5) is 11.4 Å². The van der Waals surface area contributed by atoms with E-state index < -0.39 is 0 Å². The normalized spacial score (nSPS) is 10.2. The summed E-state index contributed by atoms with van der Waals surface area (Å²) >= 11 is 1.20. The average Bonchev–Trinajstić information content (AvgIpc) is 2.96. The Morgan fingerprint density at radius 2 is 1.89 bits per heavy atom. The van der Waals surface area contributed by atoms with Gasteiger partial charge in [0.05, 0.1) is 0 Å². The molecule has 19 heavy (non-hydrogen) atoms. The predicted octanol–water partition coefficient (Wildman–Crippen LogP) is 3.24. The monoisotopic (exact) mass is 275 g/mol. The van der Waals surface area contributed by atoms with Gasteiger partial charge in [0, 0.05) is 30.7 Å². The Balaban J connectivity index is 2.05. The number of carbonyl (C=O) groups is 1. The highest BCUT2D eigenvalue weighted by Crippen LogP contribution is 2.18. The Morgan fingerprint density at radius 3 is 2.42 bits per heavy atom. The number of rotatable bonds is 5. The predicted molar refractivity (Wildman–Crippen MR) is 80.1 cm³/mol. The maximum Gasteiger partial charge on any atom is 0.267 e. The number of amides is 1. The lowest BCUT2D eigenvalue weighted by molar-refractivity contribution is 0.103. The lowest BCUT2D eigenvalue weighted by Gasteiger charge is -2.21. The van der Waals surface area contributed by atoms with Crippen molar-refractivity contribution in [1.29, 1.82) is 0 Å². The van der Waals surface area contributed by atoms with Crippen molar-refractivity contribution in [3.8, 4) is 0 Å². The maximum atomic E-state index is 11.9. The van der Waals surface area contributed by atoms with Crippen molar-refractivity contribution in [2.24, 2.45) is 0 Å². The van der Waals surface area contributed by atoms with Crippen LogP contribution in [0.15, 0.2) is 36.5 Å². The summed E-state index contributed by atoms with van der Waals surface area (Å²) in [5.41, 5.74) is 1.97. The van der Waals surface area contributed by atoms with Gasteiger partial charge in [-0.15, -0.1) is 0 Å². The van der Waals surface area contributed by atoms with E-state index in [2.05, 4.69) is 28.4 Å². The van der Waals surface area contributed by atoms with E-state index in [0.717, 1.165) is 18.8 Å². The molecule has 2 rings (SSSR count). The van der Waals surface area contributed by atoms with Gasteiger partial charge >= 0.3 is 0 Å². The number of carbonyl (C=O) groups excluding carboxylic acids is 1. The number of aromatic nitrogens is 1. The largest absolute Gasteiger partial charge is 0.372 e. The number of nitrogens with zero attached hydrogens (tertiary/aromatic N) is 2. The average molecular weight is 275 g/mol. The summed E-state index contributed by atoms with van der Waals surface area (Å²) in [6.07, 6.45) is 1.63. The molecule has 0 aliphatic heterocycles.